The number of Topliss-reactive ketones (excluding diaryl/α,β-unsaturated/α-hetero) is 1. The Labute approximate surface area is 151 Å². The van der Waals surface area contributed by atoms with Crippen LogP contribution in [0.25, 0.3) is 6.08 Å². The predicted octanol–water partition coefficient (Wildman–Crippen LogP) is 3.48. The number of carbonyl (C=O) groups excluding carboxylic acids is 1. The lowest BCUT2D eigenvalue weighted by Gasteiger charge is -2.20. The largest absolute Gasteiger partial charge is 0.497 e. The third-order valence-corrected chi connectivity index (χ3v) is 4.19. The van der Waals surface area contributed by atoms with E-state index in [0.717, 1.165) is 11.1 Å². The number of carbonyl (C=O) groups is 1. The highest BCUT2D eigenvalue weighted by molar-refractivity contribution is 6.12. The Bertz CT molecular complexity index is 869. The van der Waals surface area contributed by atoms with Crippen LogP contribution < -0.4 is 18.9 Å². The first kappa shape index (κ1) is 17.7. The van der Waals surface area contributed by atoms with E-state index in [-0.39, 0.29) is 18.1 Å². The molecule has 1 aliphatic rings. The van der Waals surface area contributed by atoms with Gasteiger partial charge in [0.2, 0.25) is 5.78 Å². The maximum atomic E-state index is 12.9. The molecular formula is C20H20O6. The van der Waals surface area contributed by atoms with Crippen molar-refractivity contribution in [2.24, 2.45) is 0 Å². The summed E-state index contributed by atoms with van der Waals surface area (Å²) in [6.45, 7) is 0.270. The number of ether oxygens (including phenoxy) is 5. The van der Waals surface area contributed by atoms with Crippen molar-refractivity contribution in [1.82, 2.24) is 0 Å². The van der Waals surface area contributed by atoms with Crippen molar-refractivity contribution < 1.29 is 28.5 Å². The summed E-state index contributed by atoms with van der Waals surface area (Å²) in [7, 11) is 6.21. The van der Waals surface area contributed by atoms with Crippen LogP contribution >= 0.6 is 0 Å². The molecule has 0 bridgehead atoms. The van der Waals surface area contributed by atoms with E-state index in [0.29, 0.717) is 28.6 Å². The maximum Gasteiger partial charge on any atom is 0.231 e. The first-order valence-corrected chi connectivity index (χ1v) is 7.97. The number of hydrogen-bond donors (Lipinski definition) is 0. The molecule has 0 amide bonds. The van der Waals surface area contributed by atoms with Gasteiger partial charge in [-0.25, -0.2) is 0 Å². The van der Waals surface area contributed by atoms with Crippen molar-refractivity contribution in [3.8, 4) is 23.0 Å². The number of hydrogen-bond acceptors (Lipinski definition) is 6. The molecule has 6 nitrogen and oxygen atoms in total. The van der Waals surface area contributed by atoms with Crippen LogP contribution in [0.5, 0.6) is 23.0 Å². The van der Waals surface area contributed by atoms with Crippen LogP contribution in [-0.4, -0.2) is 34.2 Å². The summed E-state index contributed by atoms with van der Waals surface area (Å²) in [5, 5.41) is 0. The number of rotatable bonds is 6. The van der Waals surface area contributed by atoms with Crippen molar-refractivity contribution in [2.75, 3.05) is 28.4 Å². The fourth-order valence-electron chi connectivity index (χ4n) is 2.78. The Morgan fingerprint density at radius 3 is 2.23 bits per heavy atom. The molecule has 2 aromatic rings. The zero-order valence-corrected chi connectivity index (χ0v) is 15.1. The highest BCUT2D eigenvalue weighted by Crippen LogP contribution is 2.35. The molecule has 26 heavy (non-hydrogen) atoms. The summed E-state index contributed by atoms with van der Waals surface area (Å²) in [4.78, 5) is 12.9. The van der Waals surface area contributed by atoms with Crippen molar-refractivity contribution in [3.05, 3.63) is 52.8 Å². The second-order valence-corrected chi connectivity index (χ2v) is 5.60. The van der Waals surface area contributed by atoms with Crippen molar-refractivity contribution in [2.45, 2.75) is 6.61 Å². The second kappa shape index (κ2) is 7.39. The molecule has 0 N–H and O–H groups in total. The normalized spacial score (nSPS) is 12.4. The Hall–Kier alpha value is -3.15. The van der Waals surface area contributed by atoms with Gasteiger partial charge < -0.3 is 23.7 Å². The van der Waals surface area contributed by atoms with Gasteiger partial charge in [0.05, 0.1) is 34.0 Å². The Morgan fingerprint density at radius 2 is 1.58 bits per heavy atom. The molecule has 6 heteroatoms. The van der Waals surface area contributed by atoms with Crippen LogP contribution in [-0.2, 0) is 11.3 Å². The second-order valence-electron chi connectivity index (χ2n) is 5.60. The van der Waals surface area contributed by atoms with E-state index < -0.39 is 0 Å². The lowest BCUT2D eigenvalue weighted by molar-refractivity contribution is 0.0901. The molecular weight excluding hydrogens is 336 g/mol. The van der Waals surface area contributed by atoms with Crippen molar-refractivity contribution in [1.29, 1.82) is 0 Å². The van der Waals surface area contributed by atoms with Crippen LogP contribution in [0, 0.1) is 0 Å². The van der Waals surface area contributed by atoms with Crippen LogP contribution in [0.3, 0.4) is 0 Å². The Morgan fingerprint density at radius 1 is 0.885 bits per heavy atom. The predicted molar refractivity (Wildman–Crippen MR) is 96.2 cm³/mol. The van der Waals surface area contributed by atoms with E-state index in [4.69, 9.17) is 23.7 Å². The standard InChI is InChI=1S/C20H20O6/c1-22-14-5-6-15(16(10-14)23-2)20(21)19-8-12-7-17(24-3)18(25-4)9-13(12)11-26-19/h5-10H,11H2,1-4H3. The Balaban J connectivity index is 1.98. The minimum Gasteiger partial charge on any atom is -0.497 e. The molecule has 0 radical (unpaired) electrons. The Kier molecular flexibility index (Phi) is 5.02. The molecule has 0 unspecified atom stereocenters. The molecule has 0 saturated heterocycles. The summed E-state index contributed by atoms with van der Waals surface area (Å²) in [5.41, 5.74) is 2.18. The van der Waals surface area contributed by atoms with Gasteiger partial charge in [-0.3, -0.25) is 4.79 Å². The van der Waals surface area contributed by atoms with Crippen LogP contribution in [0.15, 0.2) is 36.1 Å². The third kappa shape index (κ3) is 3.18. The van der Waals surface area contributed by atoms with E-state index in [1.54, 1.807) is 45.6 Å². The van der Waals surface area contributed by atoms with E-state index >= 15 is 0 Å². The molecule has 0 atom stereocenters. The molecule has 1 heterocycles. The quantitative estimate of drug-likeness (QED) is 0.739. The summed E-state index contributed by atoms with van der Waals surface area (Å²) < 4.78 is 26.8. The highest BCUT2D eigenvalue weighted by atomic mass is 16.5. The fourth-order valence-corrected chi connectivity index (χ4v) is 2.78. The molecule has 0 aromatic heterocycles. The average molecular weight is 356 g/mol. The summed E-state index contributed by atoms with van der Waals surface area (Å²) in [5.74, 6) is 2.24. The van der Waals surface area contributed by atoms with Gasteiger partial charge in [0.15, 0.2) is 17.3 Å². The van der Waals surface area contributed by atoms with Crippen LogP contribution in [0.1, 0.15) is 21.5 Å². The smallest absolute Gasteiger partial charge is 0.231 e. The van der Waals surface area contributed by atoms with E-state index in [9.17, 15) is 4.79 Å². The van der Waals surface area contributed by atoms with Crippen molar-refractivity contribution in [3.63, 3.8) is 0 Å². The first-order valence-electron chi connectivity index (χ1n) is 7.97. The van der Waals surface area contributed by atoms with Gasteiger partial charge in [-0.2, -0.15) is 0 Å². The van der Waals surface area contributed by atoms with Gasteiger partial charge in [-0.05, 0) is 35.9 Å². The topological polar surface area (TPSA) is 63.2 Å². The number of allylic oxidation sites excluding steroid dienone is 1. The SMILES string of the molecule is COc1ccc(C(=O)C2=Cc3cc(OC)c(OC)cc3CO2)c(OC)c1. The van der Waals surface area contributed by atoms with Crippen LogP contribution in [0.4, 0.5) is 0 Å². The molecule has 3 rings (SSSR count). The fraction of sp³-hybridized carbons (Fsp3) is 0.250. The highest BCUT2D eigenvalue weighted by Gasteiger charge is 2.23. The van der Waals surface area contributed by atoms with E-state index in [2.05, 4.69) is 0 Å². The van der Waals surface area contributed by atoms with Gasteiger partial charge in [0.1, 0.15) is 18.1 Å². The molecule has 136 valence electrons. The van der Waals surface area contributed by atoms with Gasteiger partial charge >= 0.3 is 0 Å². The summed E-state index contributed by atoms with van der Waals surface area (Å²) in [6, 6.07) is 8.71. The van der Waals surface area contributed by atoms with Gasteiger partial charge in [0.25, 0.3) is 0 Å². The van der Waals surface area contributed by atoms with Crippen molar-refractivity contribution >= 4 is 11.9 Å². The molecule has 0 spiro atoms. The van der Waals surface area contributed by atoms with Gasteiger partial charge in [-0.15, -0.1) is 0 Å². The molecule has 2 aromatic carbocycles. The number of fused-ring (bicyclic) bond motifs is 1. The third-order valence-electron chi connectivity index (χ3n) is 4.19. The molecule has 1 aliphatic heterocycles. The van der Waals surface area contributed by atoms with Gasteiger partial charge in [0, 0.05) is 11.6 Å². The number of benzene rings is 2. The van der Waals surface area contributed by atoms with E-state index in [1.165, 1.54) is 7.11 Å². The zero-order valence-electron chi connectivity index (χ0n) is 15.1. The zero-order chi connectivity index (χ0) is 18.7. The van der Waals surface area contributed by atoms with E-state index in [1.807, 2.05) is 12.1 Å². The summed E-state index contributed by atoms with van der Waals surface area (Å²) in [6.07, 6.45) is 1.70. The minimum absolute atomic E-state index is 0.244. The van der Waals surface area contributed by atoms with Crippen LogP contribution in [0.2, 0.25) is 0 Å². The number of ketones is 1. The lowest BCUT2D eigenvalue weighted by Crippen LogP contribution is -2.13. The summed E-state index contributed by atoms with van der Waals surface area (Å²) >= 11 is 0. The lowest BCUT2D eigenvalue weighted by atomic mass is 10.0. The average Bonchev–Trinajstić information content (AvgIpc) is 2.71. The first-order chi connectivity index (χ1) is 12.6. The number of methoxy groups -OCH3 is 4. The van der Waals surface area contributed by atoms with Gasteiger partial charge in [-0.1, -0.05) is 0 Å². The maximum absolute atomic E-state index is 12.9. The molecule has 0 aliphatic carbocycles. The minimum atomic E-state index is -0.259. The molecule has 0 saturated carbocycles. The molecule has 0 fully saturated rings. The monoisotopic (exact) mass is 356 g/mol.